The van der Waals surface area contributed by atoms with E-state index in [2.05, 4.69) is 15.2 Å². The summed E-state index contributed by atoms with van der Waals surface area (Å²) in [7, 11) is 2.62. The number of hydrogen-bond donors (Lipinski definition) is 1. The second-order valence-corrected chi connectivity index (χ2v) is 7.38. The molecule has 0 aliphatic carbocycles. The minimum absolute atomic E-state index is 0. The van der Waals surface area contributed by atoms with Gasteiger partial charge < -0.3 is 15.1 Å². The fourth-order valence-electron chi connectivity index (χ4n) is 3.67. The van der Waals surface area contributed by atoms with Gasteiger partial charge >= 0.3 is 6.18 Å². The Morgan fingerprint density at radius 3 is 2.34 bits per heavy atom. The van der Waals surface area contributed by atoms with Gasteiger partial charge in [0.25, 0.3) is 0 Å². The number of rotatable bonds is 6. The Bertz CT molecular complexity index is 784. The van der Waals surface area contributed by atoms with Crippen molar-refractivity contribution in [1.29, 1.82) is 0 Å². The van der Waals surface area contributed by atoms with Crippen LogP contribution in [0.5, 0.6) is 0 Å². The normalized spacial score (nSPS) is 16.4. The largest absolute Gasteiger partial charge is 0.406 e. The summed E-state index contributed by atoms with van der Waals surface area (Å²) >= 11 is 0. The molecule has 1 fully saturated rings. The molecule has 0 spiro atoms. The van der Waals surface area contributed by atoms with Crippen LogP contribution in [-0.4, -0.2) is 86.1 Å². The molecule has 1 unspecified atom stereocenters. The molecule has 0 bridgehead atoms. The number of carbonyl (C=O) groups excluding carboxylic acids is 1. The molecule has 1 aromatic carbocycles. The minimum Gasteiger partial charge on any atom is -0.347 e. The van der Waals surface area contributed by atoms with Gasteiger partial charge in [0, 0.05) is 57.9 Å². The van der Waals surface area contributed by atoms with Crippen molar-refractivity contribution in [2.75, 3.05) is 53.4 Å². The summed E-state index contributed by atoms with van der Waals surface area (Å²) in [6, 6.07) is 3.40. The van der Waals surface area contributed by atoms with Crippen molar-refractivity contribution in [2.45, 2.75) is 25.6 Å². The van der Waals surface area contributed by atoms with Crippen molar-refractivity contribution in [3.63, 3.8) is 0 Å². The van der Waals surface area contributed by atoms with Gasteiger partial charge in [0.05, 0.1) is 6.54 Å². The predicted octanol–water partition coefficient (Wildman–Crippen LogP) is 3.25. The number of guanidine groups is 1. The third-order valence-electron chi connectivity index (χ3n) is 5.21. The molecule has 1 atom stereocenters. The Balaban J connectivity index is 0.00000512. The van der Waals surface area contributed by atoms with Crippen molar-refractivity contribution >= 4 is 35.8 Å². The molecule has 12 heteroatoms. The van der Waals surface area contributed by atoms with Gasteiger partial charge in [-0.1, -0.05) is 13.0 Å². The van der Waals surface area contributed by atoms with E-state index < -0.39 is 30.3 Å². The highest BCUT2D eigenvalue weighted by atomic mass is 127. The summed E-state index contributed by atoms with van der Waals surface area (Å²) in [5.74, 6) is -1.48. The van der Waals surface area contributed by atoms with Crippen LogP contribution in [0.2, 0.25) is 0 Å². The lowest BCUT2D eigenvalue weighted by Gasteiger charge is -2.40. The summed E-state index contributed by atoms with van der Waals surface area (Å²) in [4.78, 5) is 20.6. The van der Waals surface area contributed by atoms with Crippen molar-refractivity contribution in [3.8, 4) is 0 Å². The molecule has 1 aromatic rings. The molecule has 0 saturated carbocycles. The maximum Gasteiger partial charge on any atom is 0.406 e. The molecule has 1 aliphatic heterocycles. The molecule has 182 valence electrons. The van der Waals surface area contributed by atoms with Gasteiger partial charge in [-0.2, -0.15) is 13.2 Å². The summed E-state index contributed by atoms with van der Waals surface area (Å²) in [6.07, 6.45) is -3.81. The van der Waals surface area contributed by atoms with Crippen molar-refractivity contribution < 1.29 is 26.7 Å². The highest BCUT2D eigenvalue weighted by Gasteiger charge is 2.31. The third kappa shape index (κ3) is 8.01. The fraction of sp³-hybridized carbons (Fsp3) is 0.600. The zero-order chi connectivity index (χ0) is 23.2. The van der Waals surface area contributed by atoms with Crippen LogP contribution >= 0.6 is 24.0 Å². The molecule has 1 aliphatic rings. The average Bonchev–Trinajstić information content (AvgIpc) is 2.70. The lowest BCUT2D eigenvalue weighted by Crippen LogP contribution is -2.54. The number of alkyl halides is 3. The predicted molar refractivity (Wildman–Crippen MR) is 123 cm³/mol. The lowest BCUT2D eigenvalue weighted by molar-refractivity contribution is -0.157. The molecule has 32 heavy (non-hydrogen) atoms. The zero-order valence-electron chi connectivity index (χ0n) is 18.3. The number of likely N-dealkylation sites (N-methyl/N-ethyl adjacent to an activating group) is 1. The van der Waals surface area contributed by atoms with Crippen molar-refractivity contribution in [2.24, 2.45) is 4.99 Å². The first kappa shape index (κ1) is 28.3. The first-order chi connectivity index (χ1) is 14.6. The van der Waals surface area contributed by atoms with E-state index in [-0.39, 0.29) is 36.6 Å². The molecule has 0 radical (unpaired) electrons. The van der Waals surface area contributed by atoms with Gasteiger partial charge in [0.15, 0.2) is 5.96 Å². The smallest absolute Gasteiger partial charge is 0.347 e. The SMILES string of the molecule is CCC(c1ccc(F)cc1F)N1CCN(C(=NC)NCC(=O)N(C)CC(F)(F)F)CC1.I. The summed E-state index contributed by atoms with van der Waals surface area (Å²) in [5.41, 5.74) is 0.443. The Kier molecular flexibility index (Phi) is 11.1. The quantitative estimate of drug-likeness (QED) is 0.244. The van der Waals surface area contributed by atoms with E-state index in [9.17, 15) is 26.7 Å². The summed E-state index contributed by atoms with van der Waals surface area (Å²) < 4.78 is 64.8. The molecular weight excluding hydrogens is 548 g/mol. The van der Waals surface area contributed by atoms with Crippen LogP contribution in [0.1, 0.15) is 24.9 Å². The third-order valence-corrected chi connectivity index (χ3v) is 5.21. The topological polar surface area (TPSA) is 51.2 Å². The van der Waals surface area contributed by atoms with Crippen LogP contribution in [0.3, 0.4) is 0 Å². The molecule has 2 rings (SSSR count). The maximum atomic E-state index is 14.2. The fourth-order valence-corrected chi connectivity index (χ4v) is 3.67. The van der Waals surface area contributed by atoms with Crippen LogP contribution in [-0.2, 0) is 4.79 Å². The number of nitrogens with one attached hydrogen (secondary N) is 1. The van der Waals surface area contributed by atoms with E-state index in [4.69, 9.17) is 0 Å². The number of halogens is 6. The van der Waals surface area contributed by atoms with E-state index in [1.807, 2.05) is 11.8 Å². The molecule has 1 N–H and O–H groups in total. The van der Waals surface area contributed by atoms with Gasteiger partial charge in [-0.25, -0.2) is 8.78 Å². The number of aliphatic imine (C=N–C) groups is 1. The van der Waals surface area contributed by atoms with Gasteiger partial charge in [0.1, 0.15) is 18.2 Å². The standard InChI is InChI=1S/C20H28F5N5O.HI/c1-4-17(15-6-5-14(21)11-16(15)22)29-7-9-30(10-8-29)19(26-2)27-12-18(31)28(3)13-20(23,24)25;/h5-6,11,17H,4,7-10,12-13H2,1-3H3,(H,26,27);1H. The monoisotopic (exact) mass is 577 g/mol. The number of amides is 1. The van der Waals surface area contributed by atoms with Gasteiger partial charge in [-0.3, -0.25) is 14.7 Å². The van der Waals surface area contributed by atoms with E-state index >= 15 is 0 Å². The lowest BCUT2D eigenvalue weighted by atomic mass is 10.0. The number of piperazine rings is 1. The van der Waals surface area contributed by atoms with Crippen LogP contribution in [0.4, 0.5) is 22.0 Å². The minimum atomic E-state index is -4.46. The second kappa shape index (κ2) is 12.5. The average molecular weight is 577 g/mol. The number of nitrogens with zero attached hydrogens (tertiary/aromatic N) is 4. The number of benzene rings is 1. The first-order valence-corrected chi connectivity index (χ1v) is 10.0. The van der Waals surface area contributed by atoms with Crippen LogP contribution in [0, 0.1) is 11.6 Å². The number of carbonyl (C=O) groups is 1. The molecular formula is C20H29F5IN5O. The summed E-state index contributed by atoms with van der Waals surface area (Å²) in [5, 5.41) is 2.81. The molecule has 1 heterocycles. The van der Waals surface area contributed by atoms with Gasteiger partial charge in [-0.05, 0) is 12.5 Å². The Hall–Kier alpha value is -1.70. The van der Waals surface area contributed by atoms with Crippen molar-refractivity contribution in [1.82, 2.24) is 20.0 Å². The molecule has 1 saturated heterocycles. The van der Waals surface area contributed by atoms with Crippen LogP contribution < -0.4 is 5.32 Å². The molecule has 1 amide bonds. The second-order valence-electron chi connectivity index (χ2n) is 7.38. The van der Waals surface area contributed by atoms with E-state index in [0.717, 1.165) is 13.1 Å². The Morgan fingerprint density at radius 2 is 1.84 bits per heavy atom. The van der Waals surface area contributed by atoms with Gasteiger partial charge in [0.2, 0.25) is 5.91 Å². The Morgan fingerprint density at radius 1 is 1.22 bits per heavy atom. The Labute approximate surface area is 201 Å². The summed E-state index contributed by atoms with van der Waals surface area (Å²) in [6.45, 7) is 2.54. The highest BCUT2D eigenvalue weighted by molar-refractivity contribution is 14.0. The zero-order valence-corrected chi connectivity index (χ0v) is 20.6. The van der Waals surface area contributed by atoms with Gasteiger partial charge in [-0.15, -0.1) is 24.0 Å². The first-order valence-electron chi connectivity index (χ1n) is 10.0. The van der Waals surface area contributed by atoms with E-state index in [1.165, 1.54) is 19.2 Å². The maximum absolute atomic E-state index is 14.2. The van der Waals surface area contributed by atoms with Crippen LogP contribution in [0.25, 0.3) is 0 Å². The van der Waals surface area contributed by atoms with Crippen molar-refractivity contribution in [3.05, 3.63) is 35.4 Å². The molecule has 0 aromatic heterocycles. The number of hydrogen-bond acceptors (Lipinski definition) is 3. The highest BCUT2D eigenvalue weighted by Crippen LogP contribution is 2.28. The van der Waals surface area contributed by atoms with Crippen LogP contribution in [0.15, 0.2) is 23.2 Å². The molecule has 6 nitrogen and oxygen atoms in total. The van der Waals surface area contributed by atoms with E-state index in [0.29, 0.717) is 49.0 Å². The van der Waals surface area contributed by atoms with E-state index in [1.54, 1.807) is 0 Å².